The van der Waals surface area contributed by atoms with Gasteiger partial charge in [0.25, 0.3) is 0 Å². The van der Waals surface area contributed by atoms with Crippen LogP contribution in [0.3, 0.4) is 0 Å². The molecule has 0 aliphatic carbocycles. The summed E-state index contributed by atoms with van der Waals surface area (Å²) in [6.45, 7) is 8.69. The van der Waals surface area contributed by atoms with Gasteiger partial charge < -0.3 is 10.6 Å². The molecule has 1 atom stereocenters. The second-order valence-electron chi connectivity index (χ2n) is 6.16. The van der Waals surface area contributed by atoms with E-state index in [-0.39, 0.29) is 29.1 Å². The highest BCUT2D eigenvalue weighted by atomic mass is 35.5. The molecule has 1 aromatic rings. The highest BCUT2D eigenvalue weighted by Gasteiger charge is 2.28. The van der Waals surface area contributed by atoms with E-state index < -0.39 is 10.0 Å². The third kappa shape index (κ3) is 5.17. The number of hydrogen-bond donors (Lipinski definition) is 2. The van der Waals surface area contributed by atoms with E-state index >= 15 is 0 Å². The van der Waals surface area contributed by atoms with E-state index in [9.17, 15) is 13.2 Å². The van der Waals surface area contributed by atoms with Gasteiger partial charge in [0.15, 0.2) is 0 Å². The van der Waals surface area contributed by atoms with Gasteiger partial charge in [-0.15, -0.1) is 12.4 Å². The molecule has 142 valence electrons. The van der Waals surface area contributed by atoms with Crippen molar-refractivity contribution in [3.05, 3.63) is 29.8 Å². The molecule has 0 spiro atoms. The molecule has 6 nitrogen and oxygen atoms in total. The smallest absolute Gasteiger partial charge is 0.243 e. The van der Waals surface area contributed by atoms with Crippen LogP contribution in [0.25, 0.3) is 0 Å². The van der Waals surface area contributed by atoms with Crippen molar-refractivity contribution >= 4 is 28.3 Å². The average Bonchev–Trinajstić information content (AvgIpc) is 2.52. The van der Waals surface area contributed by atoms with Crippen molar-refractivity contribution in [3.63, 3.8) is 0 Å². The molecule has 1 amide bonds. The standard InChI is InChI=1S/C17H27N3O3S.ClH/c1-4-20(5-2)24(22,23)16-8-6-14(7-9-16)10-19-17(21)13(3)15-11-18-12-15;/h6-9,13,15,18H,4-5,10-12H2,1-3H3,(H,19,21);1H. The van der Waals surface area contributed by atoms with Crippen LogP contribution in [0.15, 0.2) is 29.2 Å². The molecule has 8 heteroatoms. The van der Waals surface area contributed by atoms with Crippen LogP contribution in [0.5, 0.6) is 0 Å². The van der Waals surface area contributed by atoms with Gasteiger partial charge in [0.05, 0.1) is 4.90 Å². The van der Waals surface area contributed by atoms with E-state index in [2.05, 4.69) is 10.6 Å². The zero-order valence-corrected chi connectivity index (χ0v) is 16.6. The van der Waals surface area contributed by atoms with Crippen LogP contribution in [-0.4, -0.2) is 44.8 Å². The number of amides is 1. The number of carbonyl (C=O) groups is 1. The Kier molecular flexibility index (Phi) is 8.34. The van der Waals surface area contributed by atoms with E-state index in [0.717, 1.165) is 18.7 Å². The second kappa shape index (κ2) is 9.52. The number of nitrogens with zero attached hydrogens (tertiary/aromatic N) is 1. The Morgan fingerprint density at radius 1 is 1.24 bits per heavy atom. The molecule has 1 heterocycles. The molecule has 0 bridgehead atoms. The van der Waals surface area contributed by atoms with Crippen molar-refractivity contribution in [2.75, 3.05) is 26.2 Å². The first-order valence-corrected chi connectivity index (χ1v) is 9.91. The van der Waals surface area contributed by atoms with Gasteiger partial charge in [-0.05, 0) is 36.7 Å². The molecule has 1 aliphatic heterocycles. The number of halogens is 1. The van der Waals surface area contributed by atoms with Crippen molar-refractivity contribution in [2.45, 2.75) is 32.2 Å². The Morgan fingerprint density at radius 2 is 1.80 bits per heavy atom. The van der Waals surface area contributed by atoms with Gasteiger partial charge in [0.2, 0.25) is 15.9 Å². The Bertz CT molecular complexity index is 656. The Hall–Kier alpha value is -1.15. The first-order chi connectivity index (χ1) is 11.4. The highest BCUT2D eigenvalue weighted by Crippen LogP contribution is 2.17. The summed E-state index contributed by atoms with van der Waals surface area (Å²) in [4.78, 5) is 12.4. The van der Waals surface area contributed by atoms with Crippen LogP contribution in [0.1, 0.15) is 26.3 Å². The van der Waals surface area contributed by atoms with Crippen LogP contribution in [0, 0.1) is 11.8 Å². The maximum Gasteiger partial charge on any atom is 0.243 e. The van der Waals surface area contributed by atoms with Crippen molar-refractivity contribution in [1.82, 2.24) is 14.9 Å². The summed E-state index contributed by atoms with van der Waals surface area (Å²) >= 11 is 0. The largest absolute Gasteiger partial charge is 0.352 e. The number of benzene rings is 1. The summed E-state index contributed by atoms with van der Waals surface area (Å²) in [5.74, 6) is 0.446. The zero-order chi connectivity index (χ0) is 17.7. The molecule has 1 saturated heterocycles. The third-order valence-corrected chi connectivity index (χ3v) is 6.73. The normalized spacial score (nSPS) is 16.0. The summed E-state index contributed by atoms with van der Waals surface area (Å²) in [5.41, 5.74) is 0.890. The first-order valence-electron chi connectivity index (χ1n) is 8.47. The number of hydrogen-bond acceptors (Lipinski definition) is 4. The predicted molar refractivity (Wildman–Crippen MR) is 101 cm³/mol. The van der Waals surface area contributed by atoms with Crippen molar-refractivity contribution < 1.29 is 13.2 Å². The minimum absolute atomic E-state index is 0. The number of sulfonamides is 1. The minimum Gasteiger partial charge on any atom is -0.352 e. The van der Waals surface area contributed by atoms with Gasteiger partial charge >= 0.3 is 0 Å². The molecule has 25 heavy (non-hydrogen) atoms. The predicted octanol–water partition coefficient (Wildman–Crippen LogP) is 1.61. The molecular weight excluding hydrogens is 362 g/mol. The van der Waals surface area contributed by atoms with Crippen LogP contribution in [0.2, 0.25) is 0 Å². The van der Waals surface area contributed by atoms with Gasteiger partial charge in [-0.3, -0.25) is 4.79 Å². The van der Waals surface area contributed by atoms with Gasteiger partial charge in [-0.25, -0.2) is 8.42 Å². The highest BCUT2D eigenvalue weighted by molar-refractivity contribution is 7.89. The molecular formula is C17H28ClN3O3S. The lowest BCUT2D eigenvalue weighted by atomic mass is 9.88. The number of rotatable bonds is 8. The van der Waals surface area contributed by atoms with Crippen molar-refractivity contribution in [1.29, 1.82) is 0 Å². The first kappa shape index (κ1) is 21.9. The maximum atomic E-state index is 12.4. The van der Waals surface area contributed by atoms with Crippen LogP contribution < -0.4 is 10.6 Å². The SMILES string of the molecule is CCN(CC)S(=O)(=O)c1ccc(CNC(=O)C(C)C2CNC2)cc1.Cl. The molecule has 1 aromatic carbocycles. The van der Waals surface area contributed by atoms with Crippen LogP contribution in [-0.2, 0) is 21.4 Å². The Labute approximate surface area is 156 Å². The fourth-order valence-corrected chi connectivity index (χ4v) is 4.18. The van der Waals surface area contributed by atoms with Gasteiger partial charge in [-0.1, -0.05) is 32.9 Å². The molecule has 1 aliphatic rings. The van der Waals surface area contributed by atoms with Gasteiger partial charge in [0, 0.05) is 25.6 Å². The van der Waals surface area contributed by atoms with E-state index in [1.54, 1.807) is 24.3 Å². The monoisotopic (exact) mass is 389 g/mol. The summed E-state index contributed by atoms with van der Waals surface area (Å²) in [6.07, 6.45) is 0. The van der Waals surface area contributed by atoms with Crippen molar-refractivity contribution in [3.8, 4) is 0 Å². The molecule has 0 radical (unpaired) electrons. The van der Waals surface area contributed by atoms with E-state index in [1.807, 2.05) is 20.8 Å². The van der Waals surface area contributed by atoms with E-state index in [0.29, 0.717) is 25.6 Å². The lowest BCUT2D eigenvalue weighted by Gasteiger charge is -2.31. The van der Waals surface area contributed by atoms with Gasteiger partial charge in [0.1, 0.15) is 0 Å². The third-order valence-electron chi connectivity index (χ3n) is 4.67. The topological polar surface area (TPSA) is 78.5 Å². The minimum atomic E-state index is -3.43. The fourth-order valence-electron chi connectivity index (χ4n) is 2.72. The molecule has 0 saturated carbocycles. The average molecular weight is 390 g/mol. The van der Waals surface area contributed by atoms with E-state index in [1.165, 1.54) is 4.31 Å². The fraction of sp³-hybridized carbons (Fsp3) is 0.588. The van der Waals surface area contributed by atoms with Crippen LogP contribution >= 0.6 is 12.4 Å². The lowest BCUT2D eigenvalue weighted by molar-refractivity contribution is -0.126. The number of carbonyl (C=O) groups excluding carboxylic acids is 1. The van der Waals surface area contributed by atoms with E-state index in [4.69, 9.17) is 0 Å². The Balaban J connectivity index is 0.00000312. The molecule has 0 aromatic heterocycles. The maximum absolute atomic E-state index is 12.4. The molecule has 2 rings (SSSR count). The summed E-state index contributed by atoms with van der Waals surface area (Å²) in [7, 11) is -3.43. The quantitative estimate of drug-likeness (QED) is 0.708. The lowest BCUT2D eigenvalue weighted by Crippen LogP contribution is -2.49. The number of nitrogens with one attached hydrogen (secondary N) is 2. The van der Waals surface area contributed by atoms with Crippen molar-refractivity contribution in [2.24, 2.45) is 11.8 Å². The Morgan fingerprint density at radius 3 is 2.24 bits per heavy atom. The van der Waals surface area contributed by atoms with Crippen LogP contribution in [0.4, 0.5) is 0 Å². The second-order valence-corrected chi connectivity index (χ2v) is 8.10. The molecule has 1 unspecified atom stereocenters. The van der Waals surface area contributed by atoms with Gasteiger partial charge in [-0.2, -0.15) is 4.31 Å². The summed E-state index contributed by atoms with van der Waals surface area (Å²) in [6, 6.07) is 6.72. The summed E-state index contributed by atoms with van der Waals surface area (Å²) < 4.78 is 26.3. The summed E-state index contributed by atoms with van der Waals surface area (Å²) in [5, 5.41) is 6.09. The molecule has 1 fully saturated rings. The zero-order valence-electron chi connectivity index (χ0n) is 15.0. The molecule has 2 N–H and O–H groups in total.